The third-order valence-electron chi connectivity index (χ3n) is 4.78. The predicted octanol–water partition coefficient (Wildman–Crippen LogP) is 4.28. The second-order valence-electron chi connectivity index (χ2n) is 6.66. The highest BCUT2D eigenvalue weighted by Crippen LogP contribution is 2.36. The van der Waals surface area contributed by atoms with Crippen molar-refractivity contribution in [1.29, 1.82) is 0 Å². The molecule has 27 heavy (non-hydrogen) atoms. The van der Waals surface area contributed by atoms with E-state index in [9.17, 15) is 4.79 Å². The molecule has 0 saturated heterocycles. The number of hydrogen-bond acceptors (Lipinski definition) is 2. The fraction of sp³-hybridized carbons (Fsp3) is 0.174. The largest absolute Gasteiger partial charge is 0.491 e. The van der Waals surface area contributed by atoms with Gasteiger partial charge in [0.2, 0.25) is 6.41 Å². The van der Waals surface area contributed by atoms with Gasteiger partial charge in [-0.25, -0.2) is 0 Å². The van der Waals surface area contributed by atoms with Crippen LogP contribution in [0.25, 0.3) is 21.8 Å². The quantitative estimate of drug-likeness (QED) is 0.396. The van der Waals surface area contributed by atoms with Crippen molar-refractivity contribution in [2.24, 2.45) is 0 Å². The summed E-state index contributed by atoms with van der Waals surface area (Å²) in [4.78, 5) is 10.4. The lowest BCUT2D eigenvalue weighted by molar-refractivity contribution is -0.109. The Kier molecular flexibility index (Phi) is 4.79. The molecule has 0 fully saturated rings. The van der Waals surface area contributed by atoms with Gasteiger partial charge in [-0.15, -0.1) is 0 Å². The summed E-state index contributed by atoms with van der Waals surface area (Å²) in [6.45, 7) is 3.84. The molecule has 4 rings (SSSR count). The van der Waals surface area contributed by atoms with Crippen LogP contribution >= 0.6 is 0 Å². The molecule has 1 heterocycles. The maximum absolute atomic E-state index is 10.4. The van der Waals surface area contributed by atoms with Gasteiger partial charge in [-0.2, -0.15) is 0 Å². The van der Waals surface area contributed by atoms with Crippen LogP contribution < -0.4 is 10.1 Å². The van der Waals surface area contributed by atoms with Crippen LogP contribution in [0.15, 0.2) is 66.7 Å². The maximum atomic E-state index is 10.4. The van der Waals surface area contributed by atoms with Gasteiger partial charge in [-0.3, -0.25) is 4.79 Å². The van der Waals surface area contributed by atoms with Gasteiger partial charge in [-0.1, -0.05) is 48.0 Å². The molecule has 136 valence electrons. The number of carbonyl (C=O) groups is 1. The fourth-order valence-corrected chi connectivity index (χ4v) is 3.57. The summed E-state index contributed by atoms with van der Waals surface area (Å²) in [7, 11) is 0. The topological polar surface area (TPSA) is 43.3 Å². The number of ether oxygens (including phenoxy) is 1. The van der Waals surface area contributed by atoms with Crippen molar-refractivity contribution in [3.8, 4) is 5.75 Å². The Balaban J connectivity index is 1.85. The molecule has 0 atom stereocenters. The summed E-state index contributed by atoms with van der Waals surface area (Å²) < 4.78 is 8.34. The molecule has 0 saturated carbocycles. The minimum atomic E-state index is 0.440. The predicted molar refractivity (Wildman–Crippen MR) is 109 cm³/mol. The number of fused-ring (bicyclic) bond motifs is 3. The number of nitrogens with one attached hydrogen (secondary N) is 1. The van der Waals surface area contributed by atoms with Gasteiger partial charge in [0.15, 0.2) is 0 Å². The smallest absolute Gasteiger partial charge is 0.207 e. The summed E-state index contributed by atoms with van der Waals surface area (Å²) in [5.74, 6) is 0.850. The number of nitrogens with zero attached hydrogens (tertiary/aromatic N) is 1. The van der Waals surface area contributed by atoms with Crippen molar-refractivity contribution in [2.75, 3.05) is 13.2 Å². The summed E-state index contributed by atoms with van der Waals surface area (Å²) in [5.41, 5.74) is 4.83. The van der Waals surface area contributed by atoms with Crippen LogP contribution in [0.5, 0.6) is 5.75 Å². The molecule has 3 aromatic carbocycles. The normalized spacial score (nSPS) is 11.0. The van der Waals surface area contributed by atoms with Crippen LogP contribution in [-0.2, 0) is 11.3 Å². The van der Waals surface area contributed by atoms with E-state index < -0.39 is 0 Å². The van der Waals surface area contributed by atoms with Crippen LogP contribution in [-0.4, -0.2) is 24.1 Å². The number of aryl methyl sites for hydroxylation is 1. The monoisotopic (exact) mass is 358 g/mol. The number of rotatable bonds is 7. The summed E-state index contributed by atoms with van der Waals surface area (Å²) in [5, 5.41) is 4.96. The first-order chi connectivity index (χ1) is 13.3. The molecule has 0 bridgehead atoms. The third kappa shape index (κ3) is 3.38. The molecule has 4 heteroatoms. The molecule has 0 aliphatic carbocycles. The summed E-state index contributed by atoms with van der Waals surface area (Å²) >= 11 is 0. The molecule has 0 radical (unpaired) electrons. The second kappa shape index (κ2) is 7.54. The molecule has 1 amide bonds. The van der Waals surface area contributed by atoms with Crippen molar-refractivity contribution < 1.29 is 9.53 Å². The average Bonchev–Trinajstić information content (AvgIpc) is 3.00. The summed E-state index contributed by atoms with van der Waals surface area (Å²) in [6, 6.07) is 23.2. The number of carbonyl (C=O) groups excluding carboxylic acids is 1. The lowest BCUT2D eigenvalue weighted by Gasteiger charge is -2.09. The van der Waals surface area contributed by atoms with Gasteiger partial charge in [0.1, 0.15) is 12.4 Å². The Bertz CT molecular complexity index is 1080. The standard InChI is InChI=1S/C23H22N2O2/c1-17-10-11-20-19(14-17)23-21(25(20)15-18-6-3-2-4-7-18)8-5-9-22(23)27-13-12-24-16-26/h2-11,14,16H,12-13,15H2,1H3,(H,24,26). The Hall–Kier alpha value is -3.27. The summed E-state index contributed by atoms with van der Waals surface area (Å²) in [6.07, 6.45) is 0.693. The highest BCUT2D eigenvalue weighted by Gasteiger charge is 2.15. The molecule has 1 aromatic heterocycles. The van der Waals surface area contributed by atoms with Gasteiger partial charge < -0.3 is 14.6 Å². The Labute approximate surface area is 158 Å². The molecule has 4 aromatic rings. The van der Waals surface area contributed by atoms with E-state index in [1.807, 2.05) is 18.2 Å². The van der Waals surface area contributed by atoms with E-state index in [1.165, 1.54) is 22.0 Å². The van der Waals surface area contributed by atoms with E-state index in [0.717, 1.165) is 23.2 Å². The molecule has 0 unspecified atom stereocenters. The highest BCUT2D eigenvalue weighted by atomic mass is 16.5. The number of aromatic nitrogens is 1. The molecule has 0 aliphatic rings. The third-order valence-corrected chi connectivity index (χ3v) is 4.78. The van der Waals surface area contributed by atoms with Gasteiger partial charge in [0, 0.05) is 22.8 Å². The van der Waals surface area contributed by atoms with Crippen LogP contribution in [0.4, 0.5) is 0 Å². The lowest BCUT2D eigenvalue weighted by atomic mass is 10.1. The molecule has 4 nitrogen and oxygen atoms in total. The number of benzene rings is 3. The van der Waals surface area contributed by atoms with Crippen molar-refractivity contribution in [3.63, 3.8) is 0 Å². The van der Waals surface area contributed by atoms with Crippen molar-refractivity contribution in [1.82, 2.24) is 9.88 Å². The van der Waals surface area contributed by atoms with E-state index in [1.54, 1.807) is 0 Å². The van der Waals surface area contributed by atoms with Crippen molar-refractivity contribution in [3.05, 3.63) is 77.9 Å². The van der Waals surface area contributed by atoms with E-state index in [-0.39, 0.29) is 0 Å². The molecule has 0 aliphatic heterocycles. The van der Waals surface area contributed by atoms with Gasteiger partial charge in [0.05, 0.1) is 12.1 Å². The first-order valence-electron chi connectivity index (χ1n) is 9.13. The fourth-order valence-electron chi connectivity index (χ4n) is 3.57. The van der Waals surface area contributed by atoms with Crippen LogP contribution in [0.3, 0.4) is 0 Å². The van der Waals surface area contributed by atoms with E-state index in [4.69, 9.17) is 4.74 Å². The Morgan fingerprint density at radius 1 is 1.00 bits per heavy atom. The van der Waals surface area contributed by atoms with Crippen LogP contribution in [0, 0.1) is 6.92 Å². The molecular weight excluding hydrogens is 336 g/mol. The number of amides is 1. The zero-order chi connectivity index (χ0) is 18.6. The molecule has 0 spiro atoms. The van der Waals surface area contributed by atoms with Crippen LogP contribution in [0.2, 0.25) is 0 Å². The average molecular weight is 358 g/mol. The van der Waals surface area contributed by atoms with E-state index in [0.29, 0.717) is 19.6 Å². The first kappa shape index (κ1) is 17.2. The van der Waals surface area contributed by atoms with Gasteiger partial charge >= 0.3 is 0 Å². The molecule has 1 N–H and O–H groups in total. The van der Waals surface area contributed by atoms with Crippen molar-refractivity contribution >= 4 is 28.2 Å². The van der Waals surface area contributed by atoms with Gasteiger partial charge in [0.25, 0.3) is 0 Å². The second-order valence-corrected chi connectivity index (χ2v) is 6.66. The van der Waals surface area contributed by atoms with Crippen LogP contribution in [0.1, 0.15) is 11.1 Å². The van der Waals surface area contributed by atoms with Crippen molar-refractivity contribution in [2.45, 2.75) is 13.5 Å². The lowest BCUT2D eigenvalue weighted by Crippen LogP contribution is -2.19. The SMILES string of the molecule is Cc1ccc2c(c1)c1c(OCCNC=O)cccc1n2Cc1ccccc1. The maximum Gasteiger partial charge on any atom is 0.207 e. The first-order valence-corrected chi connectivity index (χ1v) is 9.13. The molecular formula is C23H22N2O2. The minimum absolute atomic E-state index is 0.440. The van der Waals surface area contributed by atoms with E-state index >= 15 is 0 Å². The van der Waals surface area contributed by atoms with Gasteiger partial charge in [-0.05, 0) is 36.8 Å². The zero-order valence-electron chi connectivity index (χ0n) is 15.3. The minimum Gasteiger partial charge on any atom is -0.491 e. The number of hydrogen-bond donors (Lipinski definition) is 1. The Morgan fingerprint density at radius 3 is 2.67 bits per heavy atom. The highest BCUT2D eigenvalue weighted by molar-refractivity contribution is 6.11. The zero-order valence-corrected chi connectivity index (χ0v) is 15.3. The van der Waals surface area contributed by atoms with E-state index in [2.05, 4.69) is 65.3 Å². The Morgan fingerprint density at radius 2 is 1.85 bits per heavy atom.